The SMILES string of the molecule is CC1(C)[C@@H]2CC[C@]1(C)/C(=N/NC(=S)NCc1ccccc1)C2. The van der Waals surface area contributed by atoms with Crippen molar-refractivity contribution in [1.29, 1.82) is 0 Å². The van der Waals surface area contributed by atoms with Crippen molar-refractivity contribution in [2.75, 3.05) is 0 Å². The number of hydrazone groups is 1. The molecule has 2 atom stereocenters. The molecule has 2 N–H and O–H groups in total. The predicted octanol–water partition coefficient (Wildman–Crippen LogP) is 3.85. The molecular formula is C18H25N3S. The van der Waals surface area contributed by atoms with Crippen molar-refractivity contribution in [1.82, 2.24) is 10.7 Å². The predicted molar refractivity (Wildman–Crippen MR) is 95.7 cm³/mol. The summed E-state index contributed by atoms with van der Waals surface area (Å²) in [5.74, 6) is 0.767. The molecule has 2 saturated carbocycles. The Kier molecular flexibility index (Phi) is 3.98. The molecule has 3 rings (SSSR count). The van der Waals surface area contributed by atoms with Crippen LogP contribution >= 0.6 is 12.2 Å². The quantitative estimate of drug-likeness (QED) is 0.657. The number of hydrogen-bond donors (Lipinski definition) is 2. The zero-order valence-corrected chi connectivity index (χ0v) is 14.5. The molecule has 0 saturated heterocycles. The highest BCUT2D eigenvalue weighted by Gasteiger charge is 2.59. The average molecular weight is 315 g/mol. The van der Waals surface area contributed by atoms with Crippen LogP contribution in [0, 0.1) is 16.7 Å². The van der Waals surface area contributed by atoms with Gasteiger partial charge in [-0.15, -0.1) is 0 Å². The van der Waals surface area contributed by atoms with Gasteiger partial charge in [0.15, 0.2) is 5.11 Å². The molecule has 3 nitrogen and oxygen atoms in total. The minimum Gasteiger partial charge on any atom is -0.357 e. The third-order valence-electron chi connectivity index (χ3n) is 6.10. The first-order valence-electron chi connectivity index (χ1n) is 8.08. The number of hydrogen-bond acceptors (Lipinski definition) is 2. The van der Waals surface area contributed by atoms with E-state index in [-0.39, 0.29) is 5.41 Å². The molecule has 118 valence electrons. The number of fused-ring (bicyclic) bond motifs is 2. The lowest BCUT2D eigenvalue weighted by molar-refractivity contribution is 0.193. The van der Waals surface area contributed by atoms with Crippen molar-refractivity contribution >= 4 is 23.0 Å². The van der Waals surface area contributed by atoms with Gasteiger partial charge in [-0.2, -0.15) is 5.10 Å². The second-order valence-electron chi connectivity index (χ2n) is 7.33. The van der Waals surface area contributed by atoms with Gasteiger partial charge in [-0.3, -0.25) is 5.43 Å². The van der Waals surface area contributed by atoms with Crippen LogP contribution in [0.25, 0.3) is 0 Å². The van der Waals surface area contributed by atoms with E-state index in [2.05, 4.69) is 48.7 Å². The first-order chi connectivity index (χ1) is 10.4. The van der Waals surface area contributed by atoms with Gasteiger partial charge in [0.25, 0.3) is 0 Å². The van der Waals surface area contributed by atoms with E-state index < -0.39 is 0 Å². The van der Waals surface area contributed by atoms with E-state index in [1.165, 1.54) is 24.1 Å². The Hall–Kier alpha value is -1.42. The van der Waals surface area contributed by atoms with Crippen molar-refractivity contribution in [3.05, 3.63) is 35.9 Å². The fourth-order valence-electron chi connectivity index (χ4n) is 4.03. The highest BCUT2D eigenvalue weighted by molar-refractivity contribution is 7.80. The Balaban J connectivity index is 1.57. The minimum atomic E-state index is 0.222. The van der Waals surface area contributed by atoms with Crippen LogP contribution in [0.5, 0.6) is 0 Å². The van der Waals surface area contributed by atoms with Gasteiger partial charge in [0.2, 0.25) is 0 Å². The topological polar surface area (TPSA) is 36.4 Å². The zero-order chi connectivity index (χ0) is 15.8. The maximum atomic E-state index is 5.34. The van der Waals surface area contributed by atoms with E-state index in [0.717, 1.165) is 18.9 Å². The molecule has 2 aliphatic carbocycles. The normalized spacial score (nSPS) is 30.5. The van der Waals surface area contributed by atoms with Crippen LogP contribution in [-0.4, -0.2) is 10.8 Å². The Morgan fingerprint density at radius 1 is 1.27 bits per heavy atom. The van der Waals surface area contributed by atoms with Crippen LogP contribution in [-0.2, 0) is 6.54 Å². The Morgan fingerprint density at radius 3 is 2.59 bits per heavy atom. The van der Waals surface area contributed by atoms with Gasteiger partial charge in [0, 0.05) is 17.7 Å². The number of nitrogens with zero attached hydrogens (tertiary/aromatic N) is 1. The van der Waals surface area contributed by atoms with Crippen LogP contribution in [0.3, 0.4) is 0 Å². The highest BCUT2D eigenvalue weighted by Crippen LogP contribution is 2.63. The summed E-state index contributed by atoms with van der Waals surface area (Å²) in [6, 6.07) is 10.3. The molecule has 0 unspecified atom stereocenters. The molecular weight excluding hydrogens is 290 g/mol. The third-order valence-corrected chi connectivity index (χ3v) is 6.34. The van der Waals surface area contributed by atoms with Crippen LogP contribution in [0.2, 0.25) is 0 Å². The highest BCUT2D eigenvalue weighted by atomic mass is 32.1. The Morgan fingerprint density at radius 2 is 2.00 bits per heavy atom. The van der Waals surface area contributed by atoms with Gasteiger partial charge in [0.1, 0.15) is 0 Å². The molecule has 4 heteroatoms. The maximum Gasteiger partial charge on any atom is 0.187 e. The van der Waals surface area contributed by atoms with Gasteiger partial charge in [-0.05, 0) is 48.4 Å². The van der Waals surface area contributed by atoms with E-state index >= 15 is 0 Å². The fourth-order valence-corrected chi connectivity index (χ4v) is 4.15. The molecule has 0 spiro atoms. The first kappa shape index (κ1) is 15.5. The summed E-state index contributed by atoms with van der Waals surface area (Å²) >= 11 is 5.34. The maximum absolute atomic E-state index is 5.34. The summed E-state index contributed by atoms with van der Waals surface area (Å²) in [4.78, 5) is 0. The number of benzene rings is 1. The second kappa shape index (κ2) is 5.65. The first-order valence-corrected chi connectivity index (χ1v) is 8.49. The van der Waals surface area contributed by atoms with Crippen LogP contribution in [0.15, 0.2) is 35.4 Å². The van der Waals surface area contributed by atoms with E-state index in [0.29, 0.717) is 10.5 Å². The monoisotopic (exact) mass is 315 g/mol. The Labute approximate surface area is 138 Å². The molecule has 1 aromatic rings. The molecule has 0 aliphatic heterocycles. The number of nitrogens with one attached hydrogen (secondary N) is 2. The molecule has 2 fully saturated rings. The van der Waals surface area contributed by atoms with E-state index in [9.17, 15) is 0 Å². The summed E-state index contributed by atoms with van der Waals surface area (Å²) in [6.07, 6.45) is 3.69. The zero-order valence-electron chi connectivity index (χ0n) is 13.6. The largest absolute Gasteiger partial charge is 0.357 e. The van der Waals surface area contributed by atoms with Crippen molar-refractivity contribution < 1.29 is 0 Å². The molecule has 2 bridgehead atoms. The third kappa shape index (κ3) is 2.54. The van der Waals surface area contributed by atoms with Gasteiger partial charge in [-0.25, -0.2) is 0 Å². The van der Waals surface area contributed by atoms with E-state index in [4.69, 9.17) is 12.2 Å². The van der Waals surface area contributed by atoms with Gasteiger partial charge in [-0.1, -0.05) is 51.1 Å². The van der Waals surface area contributed by atoms with Crippen LogP contribution in [0.4, 0.5) is 0 Å². The van der Waals surface area contributed by atoms with Crippen LogP contribution in [0.1, 0.15) is 45.6 Å². The Bertz CT molecular complexity index is 594. The van der Waals surface area contributed by atoms with Crippen molar-refractivity contribution in [2.45, 2.75) is 46.6 Å². The minimum absolute atomic E-state index is 0.222. The summed E-state index contributed by atoms with van der Waals surface area (Å²) in [6.45, 7) is 7.86. The fraction of sp³-hybridized carbons (Fsp3) is 0.556. The number of rotatable bonds is 3. The van der Waals surface area contributed by atoms with Crippen molar-refractivity contribution in [2.24, 2.45) is 21.8 Å². The van der Waals surface area contributed by atoms with Crippen molar-refractivity contribution in [3.63, 3.8) is 0 Å². The number of thiocarbonyl (C=S) groups is 1. The van der Waals surface area contributed by atoms with E-state index in [1.807, 2.05) is 18.2 Å². The molecule has 0 heterocycles. The lowest BCUT2D eigenvalue weighted by Crippen LogP contribution is -2.36. The summed E-state index contributed by atoms with van der Waals surface area (Å²) in [5.41, 5.74) is 6.13. The lowest BCUT2D eigenvalue weighted by atomic mass is 9.70. The molecule has 0 amide bonds. The van der Waals surface area contributed by atoms with Gasteiger partial charge < -0.3 is 5.32 Å². The summed E-state index contributed by atoms with van der Waals surface area (Å²) in [5, 5.41) is 8.46. The van der Waals surface area contributed by atoms with Gasteiger partial charge in [0.05, 0.1) is 0 Å². The van der Waals surface area contributed by atoms with Crippen molar-refractivity contribution in [3.8, 4) is 0 Å². The molecule has 2 aliphatic rings. The van der Waals surface area contributed by atoms with Crippen LogP contribution < -0.4 is 10.7 Å². The lowest BCUT2D eigenvalue weighted by Gasteiger charge is -2.34. The standard InChI is InChI=1S/C18H25N3S/c1-17(2)14-9-10-18(17,3)15(11-14)20-21-16(22)19-12-13-7-5-4-6-8-13/h4-8,14H,9-12H2,1-3H3,(H2,19,21,22)/b20-15+/t14-,18-/m1/s1. The smallest absolute Gasteiger partial charge is 0.187 e. The molecule has 22 heavy (non-hydrogen) atoms. The molecule has 0 aromatic heterocycles. The van der Waals surface area contributed by atoms with Gasteiger partial charge >= 0.3 is 0 Å². The average Bonchev–Trinajstić information content (AvgIpc) is 2.85. The molecule has 0 radical (unpaired) electrons. The second-order valence-corrected chi connectivity index (χ2v) is 7.74. The van der Waals surface area contributed by atoms with E-state index in [1.54, 1.807) is 0 Å². The summed E-state index contributed by atoms with van der Waals surface area (Å²) in [7, 11) is 0. The summed E-state index contributed by atoms with van der Waals surface area (Å²) < 4.78 is 0. The molecule has 1 aromatic carbocycles.